The van der Waals surface area contributed by atoms with Crippen molar-refractivity contribution in [3.8, 4) is 22.8 Å². The standard InChI is InChI=1S/C17H15N3O4/c1-22-14-6-5-11(8-15(14)23-2)17(21)19-16-9-13(20-24-16)12-4-3-7-18-10-12/h3-10H,1-2H3,(H,19,21). The van der Waals surface area contributed by atoms with Crippen molar-refractivity contribution < 1.29 is 18.8 Å². The van der Waals surface area contributed by atoms with Crippen LogP contribution in [0.3, 0.4) is 0 Å². The van der Waals surface area contributed by atoms with Crippen molar-refractivity contribution >= 4 is 11.8 Å². The van der Waals surface area contributed by atoms with Gasteiger partial charge in [0.1, 0.15) is 5.69 Å². The molecule has 0 radical (unpaired) electrons. The fourth-order valence-electron chi connectivity index (χ4n) is 2.15. The van der Waals surface area contributed by atoms with Crippen LogP contribution in [0.15, 0.2) is 53.3 Å². The van der Waals surface area contributed by atoms with Crippen molar-refractivity contribution in [1.82, 2.24) is 10.1 Å². The van der Waals surface area contributed by atoms with E-state index in [0.29, 0.717) is 22.8 Å². The number of nitrogens with zero attached hydrogens (tertiary/aromatic N) is 2. The molecule has 0 spiro atoms. The molecule has 0 atom stereocenters. The number of methoxy groups -OCH3 is 2. The maximum Gasteiger partial charge on any atom is 0.258 e. The molecule has 24 heavy (non-hydrogen) atoms. The average Bonchev–Trinajstić information content (AvgIpc) is 3.10. The number of hydrogen-bond acceptors (Lipinski definition) is 6. The van der Waals surface area contributed by atoms with Crippen LogP contribution in [0.2, 0.25) is 0 Å². The maximum absolute atomic E-state index is 12.3. The van der Waals surface area contributed by atoms with E-state index in [2.05, 4.69) is 15.5 Å². The zero-order valence-electron chi connectivity index (χ0n) is 13.1. The summed E-state index contributed by atoms with van der Waals surface area (Å²) < 4.78 is 15.5. The Hall–Kier alpha value is -3.35. The van der Waals surface area contributed by atoms with Crippen LogP contribution in [0.4, 0.5) is 5.88 Å². The lowest BCUT2D eigenvalue weighted by atomic mass is 10.2. The Balaban J connectivity index is 1.77. The number of benzene rings is 1. The summed E-state index contributed by atoms with van der Waals surface area (Å²) >= 11 is 0. The molecule has 0 aliphatic rings. The van der Waals surface area contributed by atoms with Crippen LogP contribution in [0.5, 0.6) is 11.5 Å². The molecule has 0 unspecified atom stereocenters. The van der Waals surface area contributed by atoms with Crippen LogP contribution in [-0.2, 0) is 0 Å². The summed E-state index contributed by atoms with van der Waals surface area (Å²) in [5.74, 6) is 0.921. The average molecular weight is 325 g/mol. The fraction of sp³-hybridized carbons (Fsp3) is 0.118. The van der Waals surface area contributed by atoms with Gasteiger partial charge in [0.15, 0.2) is 11.5 Å². The highest BCUT2D eigenvalue weighted by molar-refractivity contribution is 6.04. The van der Waals surface area contributed by atoms with Gasteiger partial charge >= 0.3 is 0 Å². The Morgan fingerprint density at radius 3 is 2.67 bits per heavy atom. The van der Waals surface area contributed by atoms with E-state index in [-0.39, 0.29) is 11.8 Å². The number of carbonyl (C=O) groups excluding carboxylic acids is 1. The predicted octanol–water partition coefficient (Wildman–Crippen LogP) is 3.01. The molecule has 1 N–H and O–H groups in total. The van der Waals surface area contributed by atoms with Crippen LogP contribution in [0, 0.1) is 0 Å². The largest absolute Gasteiger partial charge is 0.493 e. The quantitative estimate of drug-likeness (QED) is 0.776. The molecule has 1 aromatic carbocycles. The molecule has 1 amide bonds. The molecule has 2 heterocycles. The second-order valence-corrected chi connectivity index (χ2v) is 4.84. The number of aromatic nitrogens is 2. The molecule has 0 saturated heterocycles. The fourth-order valence-corrected chi connectivity index (χ4v) is 2.15. The zero-order chi connectivity index (χ0) is 16.9. The van der Waals surface area contributed by atoms with E-state index in [9.17, 15) is 4.79 Å². The van der Waals surface area contributed by atoms with Gasteiger partial charge in [-0.05, 0) is 30.3 Å². The van der Waals surface area contributed by atoms with Crippen molar-refractivity contribution in [1.29, 1.82) is 0 Å². The summed E-state index contributed by atoms with van der Waals surface area (Å²) in [6.45, 7) is 0. The molecule has 7 nitrogen and oxygen atoms in total. The third kappa shape index (κ3) is 3.19. The molecule has 0 aliphatic heterocycles. The Morgan fingerprint density at radius 1 is 1.12 bits per heavy atom. The third-order valence-electron chi connectivity index (χ3n) is 3.35. The number of carbonyl (C=O) groups is 1. The van der Waals surface area contributed by atoms with E-state index in [1.165, 1.54) is 14.2 Å². The van der Waals surface area contributed by atoms with Gasteiger partial charge in [0.25, 0.3) is 5.91 Å². The van der Waals surface area contributed by atoms with Crippen molar-refractivity contribution in [2.75, 3.05) is 19.5 Å². The van der Waals surface area contributed by atoms with E-state index in [1.54, 1.807) is 42.7 Å². The molecule has 122 valence electrons. The number of rotatable bonds is 5. The Kier molecular flexibility index (Phi) is 4.42. The second-order valence-electron chi connectivity index (χ2n) is 4.84. The third-order valence-corrected chi connectivity index (χ3v) is 3.35. The number of anilines is 1. The van der Waals surface area contributed by atoms with E-state index < -0.39 is 0 Å². The van der Waals surface area contributed by atoms with Gasteiger partial charge in [0, 0.05) is 29.6 Å². The molecule has 7 heteroatoms. The predicted molar refractivity (Wildman–Crippen MR) is 87.2 cm³/mol. The Morgan fingerprint density at radius 2 is 1.96 bits per heavy atom. The Labute approximate surface area is 138 Å². The highest BCUT2D eigenvalue weighted by Crippen LogP contribution is 2.28. The minimum Gasteiger partial charge on any atom is -0.493 e. The smallest absolute Gasteiger partial charge is 0.258 e. The summed E-state index contributed by atoms with van der Waals surface area (Å²) in [6, 6.07) is 10.2. The van der Waals surface area contributed by atoms with Crippen LogP contribution in [-0.4, -0.2) is 30.3 Å². The van der Waals surface area contributed by atoms with Gasteiger partial charge in [-0.25, -0.2) is 0 Å². The van der Waals surface area contributed by atoms with Gasteiger partial charge in [-0.15, -0.1) is 0 Å². The molecule has 3 aromatic rings. The minimum atomic E-state index is -0.343. The van der Waals surface area contributed by atoms with Gasteiger partial charge in [0.2, 0.25) is 5.88 Å². The summed E-state index contributed by atoms with van der Waals surface area (Å²) in [4.78, 5) is 16.3. The first-order valence-electron chi connectivity index (χ1n) is 7.11. The number of hydrogen-bond donors (Lipinski definition) is 1. The minimum absolute atomic E-state index is 0.244. The lowest BCUT2D eigenvalue weighted by molar-refractivity contribution is 0.102. The summed E-state index contributed by atoms with van der Waals surface area (Å²) in [5, 5.41) is 6.57. The van der Waals surface area contributed by atoms with Crippen LogP contribution in [0.25, 0.3) is 11.3 Å². The normalized spacial score (nSPS) is 10.2. The SMILES string of the molecule is COc1ccc(C(=O)Nc2cc(-c3cccnc3)no2)cc1OC. The molecule has 0 aliphatic carbocycles. The highest BCUT2D eigenvalue weighted by atomic mass is 16.5. The zero-order valence-corrected chi connectivity index (χ0v) is 13.1. The van der Waals surface area contributed by atoms with Gasteiger partial charge in [0.05, 0.1) is 14.2 Å². The molecule has 0 fully saturated rings. The molecular formula is C17H15N3O4. The van der Waals surface area contributed by atoms with E-state index >= 15 is 0 Å². The van der Waals surface area contributed by atoms with E-state index in [1.807, 2.05) is 6.07 Å². The van der Waals surface area contributed by atoms with Crippen molar-refractivity contribution in [3.05, 3.63) is 54.4 Å². The second kappa shape index (κ2) is 6.82. The topological polar surface area (TPSA) is 86.5 Å². The van der Waals surface area contributed by atoms with Crippen LogP contribution >= 0.6 is 0 Å². The van der Waals surface area contributed by atoms with Gasteiger partial charge in [-0.2, -0.15) is 0 Å². The molecule has 0 saturated carbocycles. The maximum atomic E-state index is 12.3. The lowest BCUT2D eigenvalue weighted by Gasteiger charge is -2.08. The monoisotopic (exact) mass is 325 g/mol. The number of amides is 1. The number of ether oxygens (including phenoxy) is 2. The number of pyridine rings is 1. The summed E-state index contributed by atoms with van der Waals surface area (Å²) in [5.41, 5.74) is 1.80. The molecule has 0 bridgehead atoms. The van der Waals surface area contributed by atoms with Gasteiger partial charge < -0.3 is 14.0 Å². The van der Waals surface area contributed by atoms with Crippen molar-refractivity contribution in [2.45, 2.75) is 0 Å². The number of nitrogens with one attached hydrogen (secondary N) is 1. The van der Waals surface area contributed by atoms with Crippen molar-refractivity contribution in [3.63, 3.8) is 0 Å². The first kappa shape index (κ1) is 15.5. The van der Waals surface area contributed by atoms with Crippen LogP contribution in [0.1, 0.15) is 10.4 Å². The van der Waals surface area contributed by atoms with Crippen LogP contribution < -0.4 is 14.8 Å². The van der Waals surface area contributed by atoms with E-state index in [0.717, 1.165) is 5.56 Å². The molecule has 3 rings (SSSR count). The Bertz CT molecular complexity index is 846. The first-order chi connectivity index (χ1) is 11.7. The summed E-state index contributed by atoms with van der Waals surface area (Å²) in [7, 11) is 3.04. The molecule has 2 aromatic heterocycles. The van der Waals surface area contributed by atoms with E-state index in [4.69, 9.17) is 14.0 Å². The summed E-state index contributed by atoms with van der Waals surface area (Å²) in [6.07, 6.45) is 3.33. The lowest BCUT2D eigenvalue weighted by Crippen LogP contribution is -2.11. The van der Waals surface area contributed by atoms with Crippen molar-refractivity contribution in [2.24, 2.45) is 0 Å². The molecular weight excluding hydrogens is 310 g/mol. The van der Waals surface area contributed by atoms with Gasteiger partial charge in [-0.1, -0.05) is 5.16 Å². The highest BCUT2D eigenvalue weighted by Gasteiger charge is 2.14. The first-order valence-corrected chi connectivity index (χ1v) is 7.11. The van der Waals surface area contributed by atoms with Gasteiger partial charge in [-0.3, -0.25) is 15.1 Å².